The van der Waals surface area contributed by atoms with E-state index in [1.807, 2.05) is 23.0 Å². The quantitative estimate of drug-likeness (QED) is 0.787. The van der Waals surface area contributed by atoms with Crippen LogP contribution in [-0.2, 0) is 13.1 Å². The molecule has 2 heterocycles. The third kappa shape index (κ3) is 3.17. The first kappa shape index (κ1) is 13.1. The number of aliphatic hydroxyl groups is 1. The Hall–Kier alpha value is -1.86. The molecule has 20 heavy (non-hydrogen) atoms. The zero-order chi connectivity index (χ0) is 13.8. The average molecular weight is 274 g/mol. The Bertz CT molecular complexity index is 539. The van der Waals surface area contributed by atoms with Crippen LogP contribution in [0.4, 0.5) is 0 Å². The maximum absolute atomic E-state index is 9.22. The molecule has 7 heteroatoms. The largest absolute Gasteiger partial charge is 0.395 e. The minimum Gasteiger partial charge on any atom is -0.395 e. The van der Waals surface area contributed by atoms with E-state index < -0.39 is 0 Å². The van der Waals surface area contributed by atoms with E-state index in [9.17, 15) is 5.11 Å². The maximum atomic E-state index is 9.22. The molecule has 3 rings (SSSR count). The first-order chi connectivity index (χ1) is 9.86. The fourth-order valence-corrected chi connectivity index (χ4v) is 2.22. The van der Waals surface area contributed by atoms with Gasteiger partial charge in [0.1, 0.15) is 0 Å². The van der Waals surface area contributed by atoms with E-state index in [-0.39, 0.29) is 6.61 Å². The molecule has 0 spiro atoms. The number of nitrogens with zero attached hydrogens (tertiary/aromatic N) is 6. The number of aromatic nitrogens is 5. The Kier molecular flexibility index (Phi) is 3.98. The van der Waals surface area contributed by atoms with E-state index in [2.05, 4.69) is 25.4 Å². The summed E-state index contributed by atoms with van der Waals surface area (Å²) in [6.07, 6.45) is 5.91. The SMILES string of the molecule is OCCN(Cc1cccnc1)Cc1nnnn1C1CC1. The summed E-state index contributed by atoms with van der Waals surface area (Å²) in [5, 5.41) is 21.1. The van der Waals surface area contributed by atoms with Gasteiger partial charge in [-0.05, 0) is 34.9 Å². The number of rotatable bonds is 7. The number of hydrogen-bond donors (Lipinski definition) is 1. The van der Waals surface area contributed by atoms with Crippen molar-refractivity contribution in [3.05, 3.63) is 35.9 Å². The molecule has 1 saturated carbocycles. The van der Waals surface area contributed by atoms with Crippen LogP contribution in [0.3, 0.4) is 0 Å². The van der Waals surface area contributed by atoms with Gasteiger partial charge in [-0.2, -0.15) is 0 Å². The Labute approximate surface area is 117 Å². The predicted octanol–water partition coefficient (Wildman–Crippen LogP) is 0.397. The van der Waals surface area contributed by atoms with E-state index in [4.69, 9.17) is 0 Å². The van der Waals surface area contributed by atoms with E-state index in [0.29, 0.717) is 19.1 Å². The van der Waals surface area contributed by atoms with Gasteiger partial charge in [0.15, 0.2) is 5.82 Å². The molecule has 0 radical (unpaired) electrons. The molecule has 7 nitrogen and oxygen atoms in total. The highest BCUT2D eigenvalue weighted by Gasteiger charge is 2.28. The standard InChI is InChI=1S/C13H18N6O/c20-7-6-18(9-11-2-1-5-14-8-11)10-13-15-16-17-19(13)12-3-4-12/h1-2,5,8,12,20H,3-4,6-7,9-10H2. The van der Waals surface area contributed by atoms with Crippen molar-refractivity contribution in [2.45, 2.75) is 32.0 Å². The molecule has 0 bridgehead atoms. The van der Waals surface area contributed by atoms with Crippen molar-refractivity contribution in [3.63, 3.8) is 0 Å². The molecule has 0 atom stereocenters. The lowest BCUT2D eigenvalue weighted by atomic mass is 10.2. The first-order valence-corrected chi connectivity index (χ1v) is 6.85. The minimum absolute atomic E-state index is 0.116. The molecule has 0 aromatic carbocycles. The predicted molar refractivity (Wildman–Crippen MR) is 71.5 cm³/mol. The average Bonchev–Trinajstić information content (AvgIpc) is 3.21. The van der Waals surface area contributed by atoms with Crippen LogP contribution in [0.2, 0.25) is 0 Å². The third-order valence-corrected chi connectivity index (χ3v) is 3.36. The summed E-state index contributed by atoms with van der Waals surface area (Å²) in [6.45, 7) is 2.07. The molecule has 0 unspecified atom stereocenters. The summed E-state index contributed by atoms with van der Waals surface area (Å²) in [5.41, 5.74) is 1.12. The van der Waals surface area contributed by atoms with Gasteiger partial charge in [0.05, 0.1) is 19.2 Å². The van der Waals surface area contributed by atoms with Crippen LogP contribution in [0.1, 0.15) is 30.3 Å². The lowest BCUT2D eigenvalue weighted by Gasteiger charge is -2.20. The summed E-state index contributed by atoms with van der Waals surface area (Å²) in [4.78, 5) is 6.24. The number of hydrogen-bond acceptors (Lipinski definition) is 6. The molecule has 2 aromatic heterocycles. The zero-order valence-electron chi connectivity index (χ0n) is 11.3. The van der Waals surface area contributed by atoms with Crippen molar-refractivity contribution in [1.29, 1.82) is 0 Å². The van der Waals surface area contributed by atoms with Crippen molar-refractivity contribution >= 4 is 0 Å². The summed E-state index contributed by atoms with van der Waals surface area (Å²) in [7, 11) is 0. The van der Waals surface area contributed by atoms with Gasteiger partial charge in [0, 0.05) is 25.5 Å². The van der Waals surface area contributed by atoms with Gasteiger partial charge in [0.2, 0.25) is 0 Å². The van der Waals surface area contributed by atoms with Crippen LogP contribution in [0.25, 0.3) is 0 Å². The van der Waals surface area contributed by atoms with Crippen molar-refractivity contribution in [2.24, 2.45) is 0 Å². The molecular weight excluding hydrogens is 256 g/mol. The Morgan fingerprint density at radius 1 is 1.35 bits per heavy atom. The van der Waals surface area contributed by atoms with Gasteiger partial charge < -0.3 is 5.11 Å². The van der Waals surface area contributed by atoms with Crippen molar-refractivity contribution in [3.8, 4) is 0 Å². The molecule has 1 N–H and O–H groups in total. The van der Waals surface area contributed by atoms with Crippen LogP contribution in [0.5, 0.6) is 0 Å². The molecule has 1 aliphatic carbocycles. The van der Waals surface area contributed by atoms with E-state index in [0.717, 1.165) is 30.8 Å². The molecule has 0 amide bonds. The fraction of sp³-hybridized carbons (Fsp3) is 0.538. The van der Waals surface area contributed by atoms with Gasteiger partial charge in [-0.1, -0.05) is 6.07 Å². The lowest BCUT2D eigenvalue weighted by Crippen LogP contribution is -2.27. The van der Waals surface area contributed by atoms with Gasteiger partial charge in [-0.3, -0.25) is 9.88 Å². The Morgan fingerprint density at radius 3 is 2.95 bits per heavy atom. The second kappa shape index (κ2) is 6.06. The molecule has 0 aliphatic heterocycles. The second-order valence-electron chi connectivity index (χ2n) is 5.07. The maximum Gasteiger partial charge on any atom is 0.165 e. The lowest BCUT2D eigenvalue weighted by molar-refractivity contribution is 0.179. The monoisotopic (exact) mass is 274 g/mol. The van der Waals surface area contributed by atoms with Crippen LogP contribution in [-0.4, -0.2) is 48.3 Å². The molecule has 1 fully saturated rings. The van der Waals surface area contributed by atoms with Gasteiger partial charge >= 0.3 is 0 Å². The summed E-state index contributed by atoms with van der Waals surface area (Å²) in [5.74, 6) is 0.866. The highest BCUT2D eigenvalue weighted by Crippen LogP contribution is 2.34. The highest BCUT2D eigenvalue weighted by molar-refractivity contribution is 5.08. The highest BCUT2D eigenvalue weighted by atomic mass is 16.3. The van der Waals surface area contributed by atoms with E-state index >= 15 is 0 Å². The normalized spacial score (nSPS) is 14.9. The van der Waals surface area contributed by atoms with Gasteiger partial charge in [0.25, 0.3) is 0 Å². The number of aliphatic hydroxyl groups excluding tert-OH is 1. The summed E-state index contributed by atoms with van der Waals surface area (Å²) < 4.78 is 1.91. The Balaban J connectivity index is 1.68. The second-order valence-corrected chi connectivity index (χ2v) is 5.07. The summed E-state index contributed by atoms with van der Waals surface area (Å²) >= 11 is 0. The smallest absolute Gasteiger partial charge is 0.165 e. The van der Waals surface area contributed by atoms with E-state index in [1.165, 1.54) is 0 Å². The molecule has 1 aliphatic rings. The van der Waals surface area contributed by atoms with Crippen molar-refractivity contribution in [2.75, 3.05) is 13.2 Å². The number of pyridine rings is 1. The van der Waals surface area contributed by atoms with Crippen LogP contribution in [0, 0.1) is 0 Å². The first-order valence-electron chi connectivity index (χ1n) is 6.85. The van der Waals surface area contributed by atoms with Crippen LogP contribution in [0.15, 0.2) is 24.5 Å². The molecule has 2 aromatic rings. The van der Waals surface area contributed by atoms with Crippen LogP contribution >= 0.6 is 0 Å². The molecule has 0 saturated heterocycles. The van der Waals surface area contributed by atoms with Crippen molar-refractivity contribution < 1.29 is 5.11 Å². The molecular formula is C13H18N6O. The van der Waals surface area contributed by atoms with Gasteiger partial charge in [-0.15, -0.1) is 5.10 Å². The Morgan fingerprint density at radius 2 is 2.25 bits per heavy atom. The third-order valence-electron chi connectivity index (χ3n) is 3.36. The number of tetrazole rings is 1. The van der Waals surface area contributed by atoms with Crippen LogP contribution < -0.4 is 0 Å². The topological polar surface area (TPSA) is 80.0 Å². The summed E-state index contributed by atoms with van der Waals surface area (Å²) in [6, 6.07) is 4.41. The minimum atomic E-state index is 0.116. The van der Waals surface area contributed by atoms with E-state index in [1.54, 1.807) is 6.20 Å². The zero-order valence-corrected chi connectivity index (χ0v) is 11.3. The molecule has 106 valence electrons. The van der Waals surface area contributed by atoms with Crippen molar-refractivity contribution in [1.82, 2.24) is 30.1 Å². The van der Waals surface area contributed by atoms with Gasteiger partial charge in [-0.25, -0.2) is 4.68 Å². The fourth-order valence-electron chi connectivity index (χ4n) is 2.22.